The van der Waals surface area contributed by atoms with Gasteiger partial charge in [-0.3, -0.25) is 4.79 Å². The second-order valence-corrected chi connectivity index (χ2v) is 3.78. The summed E-state index contributed by atoms with van der Waals surface area (Å²) in [6.07, 6.45) is 0. The van der Waals surface area contributed by atoms with E-state index >= 15 is 0 Å². The van der Waals surface area contributed by atoms with Crippen LogP contribution in [0.5, 0.6) is 0 Å². The van der Waals surface area contributed by atoms with E-state index in [0.29, 0.717) is 0 Å². The van der Waals surface area contributed by atoms with E-state index in [1.807, 2.05) is 50.2 Å². The number of rotatable bonds is 2. The molecule has 0 aliphatic heterocycles. The Morgan fingerprint density at radius 2 is 1.75 bits per heavy atom. The Morgan fingerprint density at radius 1 is 1.19 bits per heavy atom. The van der Waals surface area contributed by atoms with Crippen LogP contribution in [0.4, 0.5) is 11.4 Å². The topological polar surface area (TPSA) is 44.7 Å². The molecule has 0 aliphatic rings. The molecule has 4 heteroatoms. The van der Waals surface area contributed by atoms with Gasteiger partial charge in [-0.2, -0.15) is 0 Å². The highest BCUT2D eigenvalue weighted by Gasteiger charge is 1.97. The lowest BCUT2D eigenvalue weighted by atomic mass is 10.3. The van der Waals surface area contributed by atoms with Gasteiger partial charge in [0.1, 0.15) is 5.84 Å². The smallest absolute Gasteiger partial charge is 0.221 e. The first-order chi connectivity index (χ1) is 7.49. The van der Waals surface area contributed by atoms with E-state index in [1.54, 1.807) is 0 Å². The molecule has 0 saturated carbocycles. The fraction of sp³-hybridized carbons (Fsp3) is 0.333. The summed E-state index contributed by atoms with van der Waals surface area (Å²) in [4.78, 5) is 17.2. The number of nitrogens with one attached hydrogen (secondary N) is 1. The van der Waals surface area contributed by atoms with Crippen molar-refractivity contribution in [3.8, 4) is 0 Å². The van der Waals surface area contributed by atoms with Crippen molar-refractivity contribution >= 4 is 23.1 Å². The Kier molecular flexibility index (Phi) is 4.05. The van der Waals surface area contributed by atoms with Gasteiger partial charge in [-0.05, 0) is 31.2 Å². The summed E-state index contributed by atoms with van der Waals surface area (Å²) in [6, 6.07) is 7.42. The number of nitrogens with zero attached hydrogens (tertiary/aromatic N) is 2. The van der Waals surface area contributed by atoms with Crippen molar-refractivity contribution < 1.29 is 4.79 Å². The Bertz CT molecular complexity index is 393. The molecule has 1 rings (SSSR count). The summed E-state index contributed by atoms with van der Waals surface area (Å²) < 4.78 is 0. The van der Waals surface area contributed by atoms with E-state index in [4.69, 9.17) is 0 Å². The standard InChI is InChI=1S/C12H17N3O/c1-9(15(3)4)13-11-5-7-12(8-6-11)14-10(2)16/h5-8H,1-4H3,(H,14,16). The maximum absolute atomic E-state index is 10.8. The lowest BCUT2D eigenvalue weighted by Crippen LogP contribution is -2.17. The minimum Gasteiger partial charge on any atom is -0.366 e. The second kappa shape index (κ2) is 5.30. The zero-order valence-electron chi connectivity index (χ0n) is 10.1. The number of anilines is 1. The van der Waals surface area contributed by atoms with Crippen LogP contribution in [0.15, 0.2) is 29.3 Å². The fourth-order valence-electron chi connectivity index (χ4n) is 1.11. The molecule has 0 atom stereocenters. The van der Waals surface area contributed by atoms with Gasteiger partial charge in [0.05, 0.1) is 5.69 Å². The number of amides is 1. The molecule has 0 heterocycles. The lowest BCUT2D eigenvalue weighted by Gasteiger charge is -2.11. The first-order valence-electron chi connectivity index (χ1n) is 5.09. The van der Waals surface area contributed by atoms with E-state index in [-0.39, 0.29) is 5.91 Å². The van der Waals surface area contributed by atoms with Gasteiger partial charge in [-0.1, -0.05) is 0 Å². The molecule has 0 radical (unpaired) electrons. The van der Waals surface area contributed by atoms with Crippen LogP contribution < -0.4 is 5.32 Å². The van der Waals surface area contributed by atoms with Gasteiger partial charge >= 0.3 is 0 Å². The SMILES string of the molecule is CC(=O)Nc1ccc(N=C(C)N(C)C)cc1. The second-order valence-electron chi connectivity index (χ2n) is 3.78. The molecular formula is C12H17N3O. The number of carbonyl (C=O) groups is 1. The first kappa shape index (κ1) is 12.2. The van der Waals surface area contributed by atoms with Gasteiger partial charge in [-0.15, -0.1) is 0 Å². The highest BCUT2D eigenvalue weighted by atomic mass is 16.1. The summed E-state index contributed by atoms with van der Waals surface area (Å²) in [7, 11) is 3.90. The molecule has 0 spiro atoms. The zero-order valence-corrected chi connectivity index (χ0v) is 10.1. The van der Waals surface area contributed by atoms with Crippen molar-refractivity contribution in [2.75, 3.05) is 19.4 Å². The van der Waals surface area contributed by atoms with Crippen LogP contribution in [0.3, 0.4) is 0 Å². The van der Waals surface area contributed by atoms with Crippen molar-refractivity contribution in [3.63, 3.8) is 0 Å². The Morgan fingerprint density at radius 3 is 2.19 bits per heavy atom. The van der Waals surface area contributed by atoms with Gasteiger partial charge in [0.2, 0.25) is 5.91 Å². The monoisotopic (exact) mass is 219 g/mol. The van der Waals surface area contributed by atoms with Crippen molar-refractivity contribution in [2.24, 2.45) is 4.99 Å². The molecule has 1 aromatic rings. The molecule has 0 aromatic heterocycles. The molecule has 0 unspecified atom stereocenters. The maximum atomic E-state index is 10.8. The van der Waals surface area contributed by atoms with E-state index in [9.17, 15) is 4.79 Å². The maximum Gasteiger partial charge on any atom is 0.221 e. The number of aliphatic imine (C=N–C) groups is 1. The Balaban J connectivity index is 2.79. The van der Waals surface area contributed by atoms with E-state index in [1.165, 1.54) is 6.92 Å². The Hall–Kier alpha value is -1.84. The third kappa shape index (κ3) is 3.73. The number of carbonyl (C=O) groups excluding carboxylic acids is 1. The predicted octanol–water partition coefficient (Wildman–Crippen LogP) is 2.26. The molecule has 86 valence electrons. The molecule has 0 fully saturated rings. The minimum atomic E-state index is -0.0688. The third-order valence-corrected chi connectivity index (χ3v) is 2.13. The predicted molar refractivity (Wildman–Crippen MR) is 67.2 cm³/mol. The average Bonchev–Trinajstić information content (AvgIpc) is 2.20. The molecular weight excluding hydrogens is 202 g/mol. The van der Waals surface area contributed by atoms with Gasteiger partial charge in [0.15, 0.2) is 0 Å². The summed E-state index contributed by atoms with van der Waals surface area (Å²) in [5, 5.41) is 2.71. The average molecular weight is 219 g/mol. The fourth-order valence-corrected chi connectivity index (χ4v) is 1.11. The first-order valence-corrected chi connectivity index (χ1v) is 5.09. The summed E-state index contributed by atoms with van der Waals surface area (Å²) in [5.74, 6) is 0.869. The highest BCUT2D eigenvalue weighted by molar-refractivity contribution is 5.89. The number of benzene rings is 1. The molecule has 0 saturated heterocycles. The molecule has 1 N–H and O–H groups in total. The van der Waals surface area contributed by atoms with Crippen LogP contribution in [-0.2, 0) is 4.79 Å². The molecule has 0 bridgehead atoms. The summed E-state index contributed by atoms with van der Waals surface area (Å²) in [6.45, 7) is 3.43. The number of amidine groups is 1. The van der Waals surface area contributed by atoms with Gasteiger partial charge in [0, 0.05) is 26.7 Å². The highest BCUT2D eigenvalue weighted by Crippen LogP contribution is 2.16. The molecule has 4 nitrogen and oxygen atoms in total. The van der Waals surface area contributed by atoms with E-state index < -0.39 is 0 Å². The quantitative estimate of drug-likeness (QED) is 0.612. The van der Waals surface area contributed by atoms with Crippen LogP contribution in [0.25, 0.3) is 0 Å². The van der Waals surface area contributed by atoms with Crippen molar-refractivity contribution in [1.82, 2.24) is 4.90 Å². The van der Waals surface area contributed by atoms with Crippen LogP contribution >= 0.6 is 0 Å². The van der Waals surface area contributed by atoms with Crippen molar-refractivity contribution in [2.45, 2.75) is 13.8 Å². The van der Waals surface area contributed by atoms with Crippen LogP contribution in [0.1, 0.15) is 13.8 Å². The van der Waals surface area contributed by atoms with Crippen LogP contribution in [-0.4, -0.2) is 30.7 Å². The van der Waals surface area contributed by atoms with Crippen LogP contribution in [0.2, 0.25) is 0 Å². The number of hydrogen-bond acceptors (Lipinski definition) is 2. The summed E-state index contributed by atoms with van der Waals surface area (Å²) >= 11 is 0. The Labute approximate surface area is 96.0 Å². The summed E-state index contributed by atoms with van der Waals surface area (Å²) in [5.41, 5.74) is 1.66. The third-order valence-electron chi connectivity index (χ3n) is 2.13. The van der Waals surface area contributed by atoms with Gasteiger partial charge in [-0.25, -0.2) is 4.99 Å². The normalized spacial score (nSPS) is 11.1. The largest absolute Gasteiger partial charge is 0.366 e. The lowest BCUT2D eigenvalue weighted by molar-refractivity contribution is -0.114. The van der Waals surface area contributed by atoms with Gasteiger partial charge in [0.25, 0.3) is 0 Å². The van der Waals surface area contributed by atoms with Crippen molar-refractivity contribution in [3.05, 3.63) is 24.3 Å². The molecule has 16 heavy (non-hydrogen) atoms. The molecule has 1 aromatic carbocycles. The molecule has 0 aliphatic carbocycles. The molecule has 1 amide bonds. The van der Waals surface area contributed by atoms with Crippen LogP contribution in [0, 0.1) is 0 Å². The van der Waals surface area contributed by atoms with E-state index in [2.05, 4.69) is 10.3 Å². The number of hydrogen-bond donors (Lipinski definition) is 1. The van der Waals surface area contributed by atoms with E-state index in [0.717, 1.165) is 17.2 Å². The van der Waals surface area contributed by atoms with Gasteiger partial charge < -0.3 is 10.2 Å². The minimum absolute atomic E-state index is 0.0688. The zero-order chi connectivity index (χ0) is 12.1. The van der Waals surface area contributed by atoms with Crippen molar-refractivity contribution in [1.29, 1.82) is 0 Å².